The molecule has 0 N–H and O–H groups in total. The Bertz CT molecular complexity index is 742. The highest BCUT2D eigenvalue weighted by atomic mass is 16.7. The minimum absolute atomic E-state index is 0.0228. The lowest BCUT2D eigenvalue weighted by atomic mass is 9.81. The molecule has 2 aromatic rings. The largest absolute Gasteiger partial charge is 0.498 e. The molecule has 9 heteroatoms. The number of rotatable bonds is 3. The highest BCUT2D eigenvalue weighted by Crippen LogP contribution is 2.36. The van der Waals surface area contributed by atoms with Crippen LogP contribution in [-0.4, -0.2) is 50.5 Å². The van der Waals surface area contributed by atoms with Gasteiger partial charge in [-0.25, -0.2) is 14.3 Å². The monoisotopic (exact) mass is 318 g/mol. The summed E-state index contributed by atoms with van der Waals surface area (Å²) in [5, 5.41) is 4.09. The van der Waals surface area contributed by atoms with Gasteiger partial charge in [-0.3, -0.25) is 0 Å². The zero-order chi connectivity index (χ0) is 16.8. The second kappa shape index (κ2) is 5.28. The molecule has 0 radical (unpaired) electrons. The molecule has 3 rings (SSSR count). The van der Waals surface area contributed by atoms with Crippen molar-refractivity contribution in [3.8, 4) is 0 Å². The van der Waals surface area contributed by atoms with Crippen LogP contribution in [0.15, 0.2) is 12.4 Å². The quantitative estimate of drug-likeness (QED) is 0.605. The molecule has 0 amide bonds. The van der Waals surface area contributed by atoms with Gasteiger partial charge in [0.15, 0.2) is 0 Å². The van der Waals surface area contributed by atoms with Crippen LogP contribution in [0.5, 0.6) is 0 Å². The van der Waals surface area contributed by atoms with E-state index in [4.69, 9.17) is 14.0 Å². The summed E-state index contributed by atoms with van der Waals surface area (Å²) in [6.07, 6.45) is 3.31. The van der Waals surface area contributed by atoms with Crippen LogP contribution >= 0.6 is 0 Å². The molecule has 0 bridgehead atoms. The van der Waals surface area contributed by atoms with Crippen molar-refractivity contribution in [3.05, 3.63) is 18.2 Å². The smallest absolute Gasteiger partial charge is 0.460 e. The summed E-state index contributed by atoms with van der Waals surface area (Å²) in [5.41, 5.74) is -0.174. The normalized spacial score (nSPS) is 19.3. The third-order valence-electron chi connectivity index (χ3n) is 4.20. The predicted molar refractivity (Wildman–Crippen MR) is 82.5 cm³/mol. The highest BCUT2D eigenvalue weighted by molar-refractivity contribution is 6.61. The van der Waals surface area contributed by atoms with E-state index in [1.165, 1.54) is 4.52 Å². The number of hydrogen-bond acceptors (Lipinski definition) is 7. The number of aromatic nitrogens is 4. The summed E-state index contributed by atoms with van der Waals surface area (Å²) in [6, 6.07) is 0. The Morgan fingerprint density at radius 1 is 1.30 bits per heavy atom. The first kappa shape index (κ1) is 15.9. The topological polar surface area (TPSA) is 87.8 Å². The number of carbonyl (C=O) groups excluding carboxylic acids is 1. The van der Waals surface area contributed by atoms with Crippen LogP contribution in [0.2, 0.25) is 0 Å². The number of hydrogen-bond donors (Lipinski definition) is 0. The maximum absolute atomic E-state index is 11.7. The Morgan fingerprint density at radius 3 is 2.57 bits per heavy atom. The molecular weight excluding hydrogens is 299 g/mol. The average Bonchev–Trinajstić information content (AvgIpc) is 2.97. The molecule has 0 atom stereocenters. The molecule has 1 fully saturated rings. The van der Waals surface area contributed by atoms with Crippen molar-refractivity contribution in [2.75, 3.05) is 6.61 Å². The van der Waals surface area contributed by atoms with Crippen molar-refractivity contribution in [2.45, 2.75) is 45.8 Å². The first-order chi connectivity index (χ1) is 10.7. The molecule has 1 saturated heterocycles. The van der Waals surface area contributed by atoms with Gasteiger partial charge in [-0.15, -0.1) is 5.10 Å². The van der Waals surface area contributed by atoms with Crippen LogP contribution in [0.3, 0.4) is 0 Å². The fraction of sp³-hybridized carbons (Fsp3) is 0.571. The van der Waals surface area contributed by atoms with E-state index in [-0.39, 0.29) is 12.4 Å². The maximum atomic E-state index is 11.7. The Hall–Kier alpha value is -2.00. The van der Waals surface area contributed by atoms with Crippen LogP contribution in [0.25, 0.3) is 5.78 Å². The fourth-order valence-electron chi connectivity index (χ4n) is 2.18. The Morgan fingerprint density at radius 2 is 1.96 bits per heavy atom. The van der Waals surface area contributed by atoms with Crippen LogP contribution in [0.1, 0.15) is 45.2 Å². The minimum atomic E-state index is -0.574. The molecule has 3 heterocycles. The van der Waals surface area contributed by atoms with Gasteiger partial charge in [-0.1, -0.05) is 0 Å². The second-order valence-corrected chi connectivity index (χ2v) is 6.38. The summed E-state index contributed by atoms with van der Waals surface area (Å²) >= 11 is 0. The molecule has 23 heavy (non-hydrogen) atoms. The van der Waals surface area contributed by atoms with Crippen LogP contribution in [0, 0.1) is 0 Å². The lowest BCUT2D eigenvalue weighted by Gasteiger charge is -2.32. The molecule has 0 aromatic carbocycles. The van der Waals surface area contributed by atoms with Crippen molar-refractivity contribution in [1.82, 2.24) is 19.6 Å². The zero-order valence-electron chi connectivity index (χ0n) is 13.9. The second-order valence-electron chi connectivity index (χ2n) is 6.38. The average molecular weight is 318 g/mol. The SMILES string of the molecule is CCOC(=O)c1nc2ncc(B3OC(C)(C)C(C)(C)O3)cn2n1. The van der Waals surface area contributed by atoms with Gasteiger partial charge in [0.1, 0.15) is 0 Å². The molecule has 0 saturated carbocycles. The van der Waals surface area contributed by atoms with E-state index >= 15 is 0 Å². The molecule has 1 aliphatic heterocycles. The van der Waals surface area contributed by atoms with E-state index in [9.17, 15) is 4.79 Å². The van der Waals surface area contributed by atoms with Crippen molar-refractivity contribution >= 4 is 24.3 Å². The molecular formula is C14H19BN4O4. The van der Waals surface area contributed by atoms with Gasteiger partial charge in [-0.2, -0.15) is 4.98 Å². The Labute approximate surface area is 134 Å². The molecule has 122 valence electrons. The van der Waals surface area contributed by atoms with Gasteiger partial charge in [0.2, 0.25) is 0 Å². The number of nitrogens with zero attached hydrogens (tertiary/aromatic N) is 4. The standard InChI is InChI=1S/C14H19BN4O4/c1-6-21-11(20)10-17-12-16-7-9(8-19(12)18-10)15-22-13(2,3)14(4,5)23-15/h7-8H,6H2,1-5H3. The highest BCUT2D eigenvalue weighted by Gasteiger charge is 2.52. The molecule has 8 nitrogen and oxygen atoms in total. The first-order valence-corrected chi connectivity index (χ1v) is 7.48. The lowest BCUT2D eigenvalue weighted by Crippen LogP contribution is -2.41. The number of ether oxygens (including phenoxy) is 1. The zero-order valence-corrected chi connectivity index (χ0v) is 13.9. The summed E-state index contributed by atoms with van der Waals surface area (Å²) in [7, 11) is -0.549. The number of carbonyl (C=O) groups is 1. The Kier molecular flexibility index (Phi) is 3.64. The third-order valence-corrected chi connectivity index (χ3v) is 4.20. The van der Waals surface area contributed by atoms with Gasteiger partial charge >= 0.3 is 13.1 Å². The van der Waals surface area contributed by atoms with Gasteiger partial charge < -0.3 is 14.0 Å². The summed E-state index contributed by atoms with van der Waals surface area (Å²) in [5.74, 6) is -0.283. The molecule has 2 aromatic heterocycles. The molecule has 1 aliphatic rings. The summed E-state index contributed by atoms with van der Waals surface area (Å²) in [6.45, 7) is 9.91. The molecule has 0 spiro atoms. The van der Waals surface area contributed by atoms with E-state index in [2.05, 4.69) is 15.1 Å². The van der Waals surface area contributed by atoms with E-state index in [1.807, 2.05) is 27.7 Å². The van der Waals surface area contributed by atoms with Gasteiger partial charge in [-0.05, 0) is 34.6 Å². The van der Waals surface area contributed by atoms with E-state index in [1.54, 1.807) is 19.3 Å². The molecule has 0 aliphatic carbocycles. The van der Waals surface area contributed by atoms with E-state index in [0.29, 0.717) is 11.2 Å². The Balaban J connectivity index is 1.91. The van der Waals surface area contributed by atoms with Crippen LogP contribution in [0.4, 0.5) is 0 Å². The predicted octanol–water partition coefficient (Wildman–Crippen LogP) is 0.600. The van der Waals surface area contributed by atoms with Crippen molar-refractivity contribution in [2.24, 2.45) is 0 Å². The number of esters is 1. The van der Waals surface area contributed by atoms with E-state index < -0.39 is 24.3 Å². The van der Waals surface area contributed by atoms with Crippen molar-refractivity contribution in [3.63, 3.8) is 0 Å². The van der Waals surface area contributed by atoms with Crippen molar-refractivity contribution in [1.29, 1.82) is 0 Å². The van der Waals surface area contributed by atoms with Gasteiger partial charge in [0.25, 0.3) is 11.6 Å². The summed E-state index contributed by atoms with van der Waals surface area (Å²) < 4.78 is 18.3. The van der Waals surface area contributed by atoms with Crippen LogP contribution < -0.4 is 5.46 Å². The van der Waals surface area contributed by atoms with E-state index in [0.717, 1.165) is 0 Å². The van der Waals surface area contributed by atoms with Gasteiger partial charge in [0, 0.05) is 17.9 Å². The minimum Gasteiger partial charge on any atom is -0.460 e. The third kappa shape index (κ3) is 2.70. The van der Waals surface area contributed by atoms with Crippen molar-refractivity contribution < 1.29 is 18.8 Å². The van der Waals surface area contributed by atoms with Crippen LogP contribution in [-0.2, 0) is 14.0 Å². The first-order valence-electron chi connectivity index (χ1n) is 7.48. The molecule has 0 unspecified atom stereocenters. The summed E-state index contributed by atoms with van der Waals surface area (Å²) in [4.78, 5) is 19.9. The van der Waals surface area contributed by atoms with Gasteiger partial charge in [0.05, 0.1) is 17.8 Å². The fourth-order valence-corrected chi connectivity index (χ4v) is 2.18. The maximum Gasteiger partial charge on any atom is 0.498 e. The lowest BCUT2D eigenvalue weighted by molar-refractivity contribution is 0.00578. The number of fused-ring (bicyclic) bond motifs is 1.